The highest BCUT2D eigenvalue weighted by molar-refractivity contribution is 7.39. The molecule has 6 heteroatoms. The van der Waals surface area contributed by atoms with Gasteiger partial charge in [-0.15, -0.1) is 50.9 Å². The van der Waals surface area contributed by atoms with Crippen LogP contribution in [0.1, 0.15) is 12.5 Å². The van der Waals surface area contributed by atoms with E-state index in [-0.39, 0.29) is 0 Å². The maximum Gasteiger partial charge on any atom is 0.307 e. The van der Waals surface area contributed by atoms with Crippen LogP contribution in [0.4, 0.5) is 0 Å². The summed E-state index contributed by atoms with van der Waals surface area (Å²) in [6.07, 6.45) is 0. The molecule has 0 spiro atoms. The van der Waals surface area contributed by atoms with Crippen molar-refractivity contribution >= 4 is 64.3 Å². The van der Waals surface area contributed by atoms with E-state index in [4.69, 9.17) is 44.3 Å². The smallest absolute Gasteiger partial charge is 0.141 e. The van der Waals surface area contributed by atoms with Crippen LogP contribution in [0.3, 0.4) is 0 Å². The second-order valence-electron chi connectivity index (χ2n) is 3.12. The van der Waals surface area contributed by atoms with Gasteiger partial charge in [0, 0.05) is 0 Å². The fraction of sp³-hybridized carbons (Fsp3) is 0.200. The Morgan fingerprint density at radius 1 is 1.12 bits per heavy atom. The minimum Gasteiger partial charge on any atom is -0.141 e. The molecule has 16 heavy (non-hydrogen) atoms. The first-order chi connectivity index (χ1) is 7.36. The van der Waals surface area contributed by atoms with Crippen molar-refractivity contribution in [3.05, 3.63) is 41.6 Å². The van der Waals surface area contributed by atoms with Gasteiger partial charge >= 0.3 is 14.8 Å². The second-order valence-corrected chi connectivity index (χ2v) is 11.2. The Hall–Kier alpha value is 0.554. The van der Waals surface area contributed by atoms with E-state index in [1.807, 2.05) is 38.1 Å². The first kappa shape index (κ1) is 16.6. The highest BCUT2D eigenvalue weighted by atomic mass is 35.7. The Morgan fingerprint density at radius 3 is 1.81 bits per heavy atom. The van der Waals surface area contributed by atoms with Crippen LogP contribution < -0.4 is 5.19 Å². The summed E-state index contributed by atoms with van der Waals surface area (Å²) in [5.74, 6) is 0. The van der Waals surface area contributed by atoms with E-state index < -0.39 is 14.8 Å². The van der Waals surface area contributed by atoms with Gasteiger partial charge in [0.1, 0.15) is 0 Å². The molecule has 0 nitrogen and oxygen atoms in total. The standard InChI is InChI=1S/C7H7Cl2Si.C3H5Cl2Si/c1-6-4-2-3-5-7(6)10(8)9;1-3(2)6(4)5/h2-5H,1H3;1H2,2H3. The van der Waals surface area contributed by atoms with Gasteiger partial charge in [0.2, 0.25) is 0 Å². The molecular weight excluding hydrogens is 318 g/mol. The molecule has 0 aliphatic rings. The van der Waals surface area contributed by atoms with Crippen molar-refractivity contribution in [1.29, 1.82) is 0 Å². The molecule has 0 amide bonds. The van der Waals surface area contributed by atoms with Gasteiger partial charge in [-0.05, 0) is 24.6 Å². The van der Waals surface area contributed by atoms with Crippen LogP contribution >= 0.6 is 44.3 Å². The van der Waals surface area contributed by atoms with E-state index in [2.05, 4.69) is 6.58 Å². The van der Waals surface area contributed by atoms with E-state index in [1.165, 1.54) is 5.56 Å². The molecule has 0 N–H and O–H groups in total. The quantitative estimate of drug-likeness (QED) is 0.562. The lowest BCUT2D eigenvalue weighted by Crippen LogP contribution is -2.20. The van der Waals surface area contributed by atoms with Gasteiger partial charge in [-0.2, -0.15) is 0 Å². The molecule has 1 aromatic rings. The van der Waals surface area contributed by atoms with Gasteiger partial charge in [-0.1, -0.05) is 29.5 Å². The normalized spacial score (nSPS) is 10.0. The van der Waals surface area contributed by atoms with Crippen LogP contribution in [0.2, 0.25) is 0 Å². The second kappa shape index (κ2) is 8.62. The molecule has 0 aliphatic carbocycles. The number of hydrogen-bond acceptors (Lipinski definition) is 0. The van der Waals surface area contributed by atoms with Gasteiger partial charge in [-0.25, -0.2) is 0 Å². The lowest BCUT2D eigenvalue weighted by Gasteiger charge is -2.01. The Morgan fingerprint density at radius 2 is 1.56 bits per heavy atom. The number of benzene rings is 1. The minimum atomic E-state index is -1.30. The molecule has 0 aromatic heterocycles. The topological polar surface area (TPSA) is 0 Å². The summed E-state index contributed by atoms with van der Waals surface area (Å²) in [6.45, 7) is 7.38. The monoisotopic (exact) mass is 328 g/mol. The zero-order valence-corrected chi connectivity index (χ0v) is 14.1. The van der Waals surface area contributed by atoms with Crippen molar-refractivity contribution < 1.29 is 0 Å². The molecular formula is C10H12Cl4Si2. The van der Waals surface area contributed by atoms with Crippen LogP contribution in [0.5, 0.6) is 0 Å². The van der Waals surface area contributed by atoms with Crippen LogP contribution in [0, 0.1) is 6.92 Å². The van der Waals surface area contributed by atoms with Crippen molar-refractivity contribution in [2.24, 2.45) is 0 Å². The third kappa shape index (κ3) is 6.99. The number of allylic oxidation sites excluding steroid dienone is 1. The fourth-order valence-electron chi connectivity index (χ4n) is 0.785. The molecule has 0 fully saturated rings. The van der Waals surface area contributed by atoms with E-state index >= 15 is 0 Å². The molecule has 2 radical (unpaired) electrons. The predicted octanol–water partition coefficient (Wildman–Crippen LogP) is 4.24. The first-order valence-electron chi connectivity index (χ1n) is 4.44. The highest BCUT2D eigenvalue weighted by Crippen LogP contribution is 2.04. The van der Waals surface area contributed by atoms with Crippen LogP contribution in [-0.4, -0.2) is 14.8 Å². The van der Waals surface area contributed by atoms with Crippen LogP contribution in [0.25, 0.3) is 0 Å². The zero-order chi connectivity index (χ0) is 12.7. The molecule has 0 atom stereocenters. The number of hydrogen-bond donors (Lipinski definition) is 0. The average molecular weight is 330 g/mol. The number of halogens is 4. The largest absolute Gasteiger partial charge is 0.307 e. The number of rotatable bonds is 2. The average Bonchev–Trinajstić information content (AvgIpc) is 2.18. The van der Waals surface area contributed by atoms with Gasteiger partial charge in [0.05, 0.1) is 0 Å². The summed E-state index contributed by atoms with van der Waals surface area (Å²) in [7, 11) is -2.50. The molecule has 0 saturated carbocycles. The summed E-state index contributed by atoms with van der Waals surface area (Å²) in [6, 6.07) is 7.93. The summed E-state index contributed by atoms with van der Waals surface area (Å²) < 4.78 is 0. The minimum absolute atomic E-state index is 0.892. The molecule has 0 unspecified atom stereocenters. The highest BCUT2D eigenvalue weighted by Gasteiger charge is 2.08. The van der Waals surface area contributed by atoms with Crippen molar-refractivity contribution in [3.63, 3.8) is 0 Å². The lowest BCUT2D eigenvalue weighted by molar-refractivity contribution is 1.52. The fourth-order valence-corrected chi connectivity index (χ4v) is 2.66. The Labute approximate surface area is 119 Å². The first-order valence-corrected chi connectivity index (χ1v) is 11.5. The molecule has 0 saturated heterocycles. The van der Waals surface area contributed by atoms with Gasteiger partial charge in [0.15, 0.2) is 0 Å². The number of aryl methyl sites for hydroxylation is 1. The summed E-state index contributed by atoms with van der Waals surface area (Å²) >= 11 is 22.3. The van der Waals surface area contributed by atoms with Crippen molar-refractivity contribution in [2.45, 2.75) is 13.8 Å². The molecule has 0 aliphatic heterocycles. The Bertz CT molecular complexity index is 339. The summed E-state index contributed by atoms with van der Waals surface area (Å²) in [5, 5.41) is 1.99. The van der Waals surface area contributed by atoms with Crippen LogP contribution in [-0.2, 0) is 0 Å². The summed E-state index contributed by atoms with van der Waals surface area (Å²) in [4.78, 5) is 0. The molecule has 0 bridgehead atoms. The Balaban J connectivity index is 0.000000325. The van der Waals surface area contributed by atoms with Gasteiger partial charge < -0.3 is 0 Å². The molecule has 1 rings (SSSR count). The van der Waals surface area contributed by atoms with Crippen molar-refractivity contribution in [1.82, 2.24) is 0 Å². The van der Waals surface area contributed by atoms with E-state index in [0.717, 1.165) is 10.4 Å². The lowest BCUT2D eigenvalue weighted by atomic mass is 10.2. The predicted molar refractivity (Wildman–Crippen MR) is 80.5 cm³/mol. The maximum absolute atomic E-state index is 5.78. The third-order valence-corrected chi connectivity index (χ3v) is 6.44. The zero-order valence-electron chi connectivity index (χ0n) is 9.03. The van der Waals surface area contributed by atoms with E-state index in [0.29, 0.717) is 0 Å². The summed E-state index contributed by atoms with van der Waals surface area (Å²) in [5.41, 5.74) is 1.18. The third-order valence-electron chi connectivity index (χ3n) is 1.67. The Kier molecular flexibility index (Phi) is 8.91. The van der Waals surface area contributed by atoms with E-state index in [1.54, 1.807) is 0 Å². The van der Waals surface area contributed by atoms with Gasteiger partial charge in [0.25, 0.3) is 0 Å². The van der Waals surface area contributed by atoms with Crippen molar-refractivity contribution in [2.75, 3.05) is 0 Å². The SMILES string of the molecule is C=C(C)[Si](Cl)Cl.Cc1ccccc1[Si](Cl)Cl. The maximum atomic E-state index is 5.78. The molecule has 0 heterocycles. The van der Waals surface area contributed by atoms with Crippen molar-refractivity contribution in [3.8, 4) is 0 Å². The molecule has 1 aromatic carbocycles. The van der Waals surface area contributed by atoms with Gasteiger partial charge in [-0.3, -0.25) is 0 Å². The van der Waals surface area contributed by atoms with Crippen LogP contribution in [0.15, 0.2) is 36.0 Å². The molecule has 88 valence electrons. The van der Waals surface area contributed by atoms with E-state index in [9.17, 15) is 0 Å².